The maximum atomic E-state index is 12.8. The second-order valence-corrected chi connectivity index (χ2v) is 18.4. The van der Waals surface area contributed by atoms with Gasteiger partial charge in [-0.05, 0) is 103 Å². The van der Waals surface area contributed by atoms with E-state index in [1.54, 1.807) is 0 Å². The fourth-order valence-electron chi connectivity index (χ4n) is 7.50. The highest BCUT2D eigenvalue weighted by Crippen LogP contribution is 2.14. The summed E-state index contributed by atoms with van der Waals surface area (Å²) in [7, 11) is 0. The van der Waals surface area contributed by atoms with Gasteiger partial charge in [-0.15, -0.1) is 0 Å². The standard InChI is InChI=1S/C64H104O6/c1-4-7-10-13-16-19-22-25-27-29-30-31-32-33-34-36-37-39-42-45-48-51-54-57-63(66)69-60-61(59-68-62(65)56-53-50-47-44-41-24-21-18-15-12-9-6-3)70-64(67)58-55-52-49-46-43-40-38-35-28-26-23-20-17-14-11-8-5-2/h7-8,10-11,16-17,19-20,25-28,30-31,33-34,37,39,45,48,61H,4-6,9,12-15,18,21-24,29,32,35-36,38,40-44,46-47,49-60H2,1-3H3/b10-7-,11-8-,19-16-,20-17-,27-25-,28-26-,31-30-,34-33-,39-37-,48-45-. The van der Waals surface area contributed by atoms with Crippen LogP contribution in [-0.2, 0) is 28.6 Å². The average molecular weight is 970 g/mol. The van der Waals surface area contributed by atoms with Crippen LogP contribution in [0.2, 0.25) is 0 Å². The lowest BCUT2D eigenvalue weighted by molar-refractivity contribution is -0.167. The second kappa shape index (κ2) is 57.4. The molecule has 0 amide bonds. The van der Waals surface area contributed by atoms with Gasteiger partial charge in [0, 0.05) is 19.3 Å². The molecule has 0 aliphatic heterocycles. The quantitative estimate of drug-likeness (QED) is 0.0262. The number of esters is 3. The number of hydrogen-bond donors (Lipinski definition) is 0. The molecular weight excluding hydrogens is 865 g/mol. The molecule has 1 atom stereocenters. The molecule has 6 heteroatoms. The van der Waals surface area contributed by atoms with Gasteiger partial charge < -0.3 is 14.2 Å². The second-order valence-electron chi connectivity index (χ2n) is 18.4. The van der Waals surface area contributed by atoms with E-state index in [0.717, 1.165) is 116 Å². The molecule has 0 saturated heterocycles. The lowest BCUT2D eigenvalue weighted by Gasteiger charge is -2.18. The third-order valence-electron chi connectivity index (χ3n) is 11.7. The molecule has 6 nitrogen and oxygen atoms in total. The summed E-state index contributed by atoms with van der Waals surface area (Å²) in [5, 5.41) is 0. The van der Waals surface area contributed by atoms with E-state index in [0.29, 0.717) is 19.3 Å². The van der Waals surface area contributed by atoms with E-state index in [9.17, 15) is 14.4 Å². The third kappa shape index (κ3) is 54.7. The summed E-state index contributed by atoms with van der Waals surface area (Å²) in [6.45, 7) is 6.35. The van der Waals surface area contributed by atoms with Crippen LogP contribution in [0.15, 0.2) is 122 Å². The van der Waals surface area contributed by atoms with Crippen molar-refractivity contribution in [2.75, 3.05) is 13.2 Å². The molecule has 70 heavy (non-hydrogen) atoms. The Hall–Kier alpha value is -4.19. The van der Waals surface area contributed by atoms with Crippen LogP contribution in [0.25, 0.3) is 0 Å². The number of ether oxygens (including phenoxy) is 3. The molecule has 396 valence electrons. The summed E-state index contributed by atoms with van der Waals surface area (Å²) in [6.07, 6.45) is 79.1. The first-order chi connectivity index (χ1) is 34.5. The zero-order valence-corrected chi connectivity index (χ0v) is 45.2. The van der Waals surface area contributed by atoms with E-state index in [4.69, 9.17) is 14.2 Å². The SMILES string of the molecule is CC/C=C\C/C=C\C/C=C\C/C=C\C/C=C\C/C=C\C/C=C\CCCC(=O)OCC(COC(=O)CCCCCCCCCCCCCC)OC(=O)CCCCCCCCC/C=C\C/C=C\C/C=C\CC. The highest BCUT2D eigenvalue weighted by atomic mass is 16.6. The van der Waals surface area contributed by atoms with Crippen molar-refractivity contribution < 1.29 is 28.6 Å². The largest absolute Gasteiger partial charge is 0.462 e. The van der Waals surface area contributed by atoms with Crippen molar-refractivity contribution in [3.8, 4) is 0 Å². The van der Waals surface area contributed by atoms with Gasteiger partial charge in [0.1, 0.15) is 13.2 Å². The molecule has 0 bridgehead atoms. The fraction of sp³-hybridized carbons (Fsp3) is 0.641. The first kappa shape index (κ1) is 65.8. The molecule has 0 aromatic carbocycles. The zero-order valence-electron chi connectivity index (χ0n) is 45.2. The Balaban J connectivity index is 4.48. The summed E-state index contributed by atoms with van der Waals surface area (Å²) in [5.74, 6) is -0.975. The Morgan fingerprint density at radius 2 is 0.571 bits per heavy atom. The molecular formula is C64H104O6. The van der Waals surface area contributed by atoms with E-state index < -0.39 is 6.10 Å². The zero-order chi connectivity index (χ0) is 50.7. The van der Waals surface area contributed by atoms with Crippen LogP contribution < -0.4 is 0 Å². The monoisotopic (exact) mass is 969 g/mol. The highest BCUT2D eigenvalue weighted by molar-refractivity contribution is 5.71. The molecule has 0 saturated carbocycles. The number of unbranched alkanes of at least 4 members (excludes halogenated alkanes) is 19. The Bertz CT molecular complexity index is 1490. The van der Waals surface area contributed by atoms with Gasteiger partial charge >= 0.3 is 17.9 Å². The molecule has 0 aromatic rings. The minimum absolute atomic E-state index is 0.101. The minimum Gasteiger partial charge on any atom is -0.462 e. The van der Waals surface area contributed by atoms with Gasteiger partial charge in [-0.3, -0.25) is 14.4 Å². The first-order valence-electron chi connectivity index (χ1n) is 28.5. The summed E-state index contributed by atoms with van der Waals surface area (Å²) >= 11 is 0. The maximum Gasteiger partial charge on any atom is 0.306 e. The van der Waals surface area contributed by atoms with Crippen LogP contribution in [0.4, 0.5) is 0 Å². The van der Waals surface area contributed by atoms with Crippen molar-refractivity contribution in [1.82, 2.24) is 0 Å². The van der Waals surface area contributed by atoms with Crippen molar-refractivity contribution in [3.05, 3.63) is 122 Å². The van der Waals surface area contributed by atoms with Crippen molar-refractivity contribution in [2.24, 2.45) is 0 Å². The Labute approximate surface area is 431 Å². The number of carbonyl (C=O) groups is 3. The highest BCUT2D eigenvalue weighted by Gasteiger charge is 2.19. The smallest absolute Gasteiger partial charge is 0.306 e. The van der Waals surface area contributed by atoms with Crippen LogP contribution in [0.5, 0.6) is 0 Å². The topological polar surface area (TPSA) is 78.9 Å². The van der Waals surface area contributed by atoms with Gasteiger partial charge in [-0.1, -0.05) is 245 Å². The first-order valence-corrected chi connectivity index (χ1v) is 28.5. The van der Waals surface area contributed by atoms with Crippen molar-refractivity contribution >= 4 is 17.9 Å². The van der Waals surface area contributed by atoms with Crippen LogP contribution in [0.1, 0.15) is 245 Å². The van der Waals surface area contributed by atoms with Crippen LogP contribution in [-0.4, -0.2) is 37.2 Å². The van der Waals surface area contributed by atoms with Crippen molar-refractivity contribution in [3.63, 3.8) is 0 Å². The maximum absolute atomic E-state index is 12.8. The Morgan fingerprint density at radius 3 is 0.929 bits per heavy atom. The lowest BCUT2D eigenvalue weighted by Crippen LogP contribution is -2.30. The molecule has 0 heterocycles. The normalized spacial score (nSPS) is 13.0. The number of hydrogen-bond acceptors (Lipinski definition) is 6. The van der Waals surface area contributed by atoms with Crippen LogP contribution in [0.3, 0.4) is 0 Å². The van der Waals surface area contributed by atoms with E-state index in [1.807, 2.05) is 0 Å². The number of carbonyl (C=O) groups excluding carboxylic acids is 3. The molecule has 0 radical (unpaired) electrons. The molecule has 0 spiro atoms. The van der Waals surface area contributed by atoms with Crippen molar-refractivity contribution in [1.29, 1.82) is 0 Å². The van der Waals surface area contributed by atoms with E-state index >= 15 is 0 Å². The summed E-state index contributed by atoms with van der Waals surface area (Å²) in [4.78, 5) is 38.1. The van der Waals surface area contributed by atoms with Gasteiger partial charge in [0.2, 0.25) is 0 Å². The molecule has 0 aliphatic carbocycles. The molecule has 1 unspecified atom stereocenters. The Kier molecular flexibility index (Phi) is 54.0. The van der Waals surface area contributed by atoms with Gasteiger partial charge in [0.25, 0.3) is 0 Å². The van der Waals surface area contributed by atoms with Gasteiger partial charge in [-0.25, -0.2) is 0 Å². The molecule has 0 rings (SSSR count). The van der Waals surface area contributed by atoms with Gasteiger partial charge in [-0.2, -0.15) is 0 Å². The molecule has 0 fully saturated rings. The number of rotatable bonds is 50. The third-order valence-corrected chi connectivity index (χ3v) is 11.7. The predicted molar refractivity (Wildman–Crippen MR) is 302 cm³/mol. The van der Waals surface area contributed by atoms with E-state index in [1.165, 1.54) is 83.5 Å². The minimum atomic E-state index is -0.809. The van der Waals surface area contributed by atoms with E-state index in [-0.39, 0.29) is 37.5 Å². The molecule has 0 aliphatic rings. The predicted octanol–water partition coefficient (Wildman–Crippen LogP) is 19.3. The Morgan fingerprint density at radius 1 is 0.300 bits per heavy atom. The van der Waals surface area contributed by atoms with Crippen LogP contribution in [0, 0.1) is 0 Å². The molecule has 0 aromatic heterocycles. The summed E-state index contributed by atoms with van der Waals surface area (Å²) < 4.78 is 16.8. The van der Waals surface area contributed by atoms with Crippen LogP contribution >= 0.6 is 0 Å². The summed E-state index contributed by atoms with van der Waals surface area (Å²) in [6, 6.07) is 0. The summed E-state index contributed by atoms with van der Waals surface area (Å²) in [5.41, 5.74) is 0. The van der Waals surface area contributed by atoms with Crippen molar-refractivity contribution in [2.45, 2.75) is 252 Å². The van der Waals surface area contributed by atoms with E-state index in [2.05, 4.69) is 142 Å². The molecule has 0 N–H and O–H groups in total. The fourth-order valence-corrected chi connectivity index (χ4v) is 7.50. The number of allylic oxidation sites excluding steroid dienone is 20. The average Bonchev–Trinajstić information content (AvgIpc) is 3.36. The van der Waals surface area contributed by atoms with Gasteiger partial charge in [0.15, 0.2) is 6.10 Å². The lowest BCUT2D eigenvalue weighted by atomic mass is 10.0. The van der Waals surface area contributed by atoms with Gasteiger partial charge in [0.05, 0.1) is 0 Å².